The van der Waals surface area contributed by atoms with Gasteiger partial charge in [0.1, 0.15) is 12.4 Å². The summed E-state index contributed by atoms with van der Waals surface area (Å²) in [5.74, 6) is -0.265. The molecular formula is C48H62N8O3S2Si. The number of thiophene rings is 2. The summed E-state index contributed by atoms with van der Waals surface area (Å²) in [5, 5.41) is 48.7. The lowest BCUT2D eigenvalue weighted by molar-refractivity contribution is 0.00563. The van der Waals surface area contributed by atoms with E-state index in [0.29, 0.717) is 29.4 Å². The van der Waals surface area contributed by atoms with Crippen molar-refractivity contribution in [2.75, 3.05) is 6.61 Å². The average Bonchev–Trinajstić information content (AvgIpc) is 4.07. The minimum atomic E-state index is -1.35. The van der Waals surface area contributed by atoms with Gasteiger partial charge in [-0.2, -0.15) is 15.4 Å². The number of H-pyrrole nitrogens is 1. The molecule has 3 N–H and O–H groups in total. The number of hydrogen-bond donors (Lipinski definition) is 3. The summed E-state index contributed by atoms with van der Waals surface area (Å²) in [4.78, 5) is 12.2. The second-order valence-electron chi connectivity index (χ2n) is 17.2. The molecule has 14 heteroatoms. The van der Waals surface area contributed by atoms with Crippen LogP contribution in [0.5, 0.6) is 0 Å². The summed E-state index contributed by atoms with van der Waals surface area (Å²) in [6, 6.07) is 25.6. The van der Waals surface area contributed by atoms with Crippen molar-refractivity contribution in [1.82, 2.24) is 40.4 Å². The van der Waals surface area contributed by atoms with E-state index in [4.69, 9.17) is 14.7 Å². The number of ether oxygens (including phenoxy) is 1. The van der Waals surface area contributed by atoms with Gasteiger partial charge in [0.25, 0.3) is 0 Å². The highest BCUT2D eigenvalue weighted by Crippen LogP contribution is 2.40. The molecule has 11 nitrogen and oxygen atoms in total. The zero-order valence-corrected chi connectivity index (χ0v) is 38.4. The summed E-state index contributed by atoms with van der Waals surface area (Å²) in [6.45, 7) is 20.0. The van der Waals surface area contributed by atoms with Crippen LogP contribution in [-0.4, -0.2) is 65.3 Å². The van der Waals surface area contributed by atoms with E-state index in [2.05, 4.69) is 112 Å². The van der Waals surface area contributed by atoms with Crippen LogP contribution in [0.15, 0.2) is 96.0 Å². The van der Waals surface area contributed by atoms with Crippen molar-refractivity contribution in [2.24, 2.45) is 11.8 Å². The highest BCUT2D eigenvalue weighted by molar-refractivity contribution is 7.14. The fourth-order valence-corrected chi connectivity index (χ4v) is 10.0. The molecule has 0 aliphatic heterocycles. The van der Waals surface area contributed by atoms with E-state index in [1.54, 1.807) is 39.7 Å². The lowest BCUT2D eigenvalue weighted by Crippen LogP contribution is -2.37. The largest absolute Gasteiger partial charge is 0.377 e. The Labute approximate surface area is 375 Å². The fraction of sp³-hybridized carbons (Fsp3) is 0.375. The van der Waals surface area contributed by atoms with Crippen molar-refractivity contribution < 1.29 is 14.9 Å². The van der Waals surface area contributed by atoms with Crippen LogP contribution in [0.2, 0.25) is 25.7 Å². The first-order chi connectivity index (χ1) is 28.6. The van der Waals surface area contributed by atoms with Crippen LogP contribution in [0.4, 0.5) is 0 Å². The third-order valence-corrected chi connectivity index (χ3v) is 14.6. The standard InChI is InChI=1S/C26H34N4O2SSi.C20H20N4OS.2CH4/c1-18(2)26(31,24-16-27-29-30(24)17-32-13-15-34(4,5)6)23-12-10-20-21(28-23)11-9-19(3)25(20)22-8-7-14-33-22;1-12(2)20(25,18-11-21-24-23-18)17-9-7-14-15(22-17)8-6-13(3)19(14)16-5-4-10-26-16;;/h7-12,14,16,18,31H,13,15,17H2,1-6H3;4-12,25H,1-3H3,(H,21,23,24);2*1H4. The van der Waals surface area contributed by atoms with Crippen molar-refractivity contribution >= 4 is 52.6 Å². The van der Waals surface area contributed by atoms with Gasteiger partial charge in [-0.05, 0) is 90.0 Å². The number of nitrogens with zero attached hydrogens (tertiary/aromatic N) is 7. The van der Waals surface area contributed by atoms with Gasteiger partial charge >= 0.3 is 0 Å². The number of hydrogen-bond acceptors (Lipinski definition) is 11. The van der Waals surface area contributed by atoms with Gasteiger partial charge < -0.3 is 14.9 Å². The molecule has 0 saturated carbocycles. The molecule has 0 saturated heterocycles. The molecule has 0 fully saturated rings. The van der Waals surface area contributed by atoms with Gasteiger partial charge in [-0.15, -0.1) is 27.8 Å². The smallest absolute Gasteiger partial charge is 0.154 e. The number of fused-ring (bicyclic) bond motifs is 2. The Morgan fingerprint density at radius 1 is 0.710 bits per heavy atom. The molecule has 6 heterocycles. The van der Waals surface area contributed by atoms with Gasteiger partial charge in [-0.1, -0.05) is 104 Å². The summed E-state index contributed by atoms with van der Waals surface area (Å²) >= 11 is 3.44. The first-order valence-corrected chi connectivity index (χ1v) is 25.8. The number of pyridine rings is 2. The Morgan fingerprint density at radius 3 is 1.69 bits per heavy atom. The molecule has 0 spiro atoms. The second kappa shape index (κ2) is 19.6. The van der Waals surface area contributed by atoms with Crippen LogP contribution in [0.25, 0.3) is 42.7 Å². The molecule has 0 aliphatic rings. The number of aromatic amines is 1. The Bertz CT molecular complexity index is 2680. The summed E-state index contributed by atoms with van der Waals surface area (Å²) in [7, 11) is -1.18. The zero-order chi connectivity index (χ0) is 42.8. The molecule has 8 rings (SSSR count). The van der Waals surface area contributed by atoms with Crippen molar-refractivity contribution in [3.05, 3.63) is 130 Å². The zero-order valence-electron chi connectivity index (χ0n) is 35.8. The molecule has 2 unspecified atom stereocenters. The van der Waals surface area contributed by atoms with Gasteiger partial charge in [0.05, 0.1) is 40.5 Å². The van der Waals surface area contributed by atoms with E-state index in [-0.39, 0.29) is 33.4 Å². The number of benzene rings is 2. The van der Waals surface area contributed by atoms with Crippen LogP contribution >= 0.6 is 22.7 Å². The van der Waals surface area contributed by atoms with Crippen LogP contribution in [-0.2, 0) is 22.7 Å². The average molecular weight is 891 g/mol. The van der Waals surface area contributed by atoms with Crippen molar-refractivity contribution in [2.45, 2.75) is 100 Å². The number of aromatic nitrogens is 8. The molecule has 0 aliphatic carbocycles. The number of aryl methyl sites for hydroxylation is 2. The Kier molecular flexibility index (Phi) is 15.2. The van der Waals surface area contributed by atoms with E-state index < -0.39 is 19.3 Å². The van der Waals surface area contributed by atoms with E-state index in [9.17, 15) is 10.2 Å². The minimum absolute atomic E-state index is 0. The van der Waals surface area contributed by atoms with Gasteiger partial charge in [0, 0.05) is 46.3 Å². The third-order valence-electron chi connectivity index (χ3n) is 11.2. The van der Waals surface area contributed by atoms with Crippen LogP contribution in [0.3, 0.4) is 0 Å². The van der Waals surface area contributed by atoms with E-state index in [1.807, 2.05) is 58.0 Å². The molecular weight excluding hydrogens is 829 g/mol. The number of nitrogens with one attached hydrogen (secondary N) is 1. The summed E-state index contributed by atoms with van der Waals surface area (Å²) < 4.78 is 7.57. The van der Waals surface area contributed by atoms with Crippen LogP contribution < -0.4 is 0 Å². The normalized spacial score (nSPS) is 13.6. The van der Waals surface area contributed by atoms with Gasteiger partial charge in [0.2, 0.25) is 0 Å². The fourth-order valence-electron chi connectivity index (χ4n) is 7.55. The van der Waals surface area contributed by atoms with E-state index in [0.717, 1.165) is 27.8 Å². The molecule has 328 valence electrons. The Morgan fingerprint density at radius 2 is 1.24 bits per heavy atom. The number of aliphatic hydroxyl groups is 2. The molecule has 8 aromatic rings. The van der Waals surface area contributed by atoms with Crippen molar-refractivity contribution in [3.63, 3.8) is 0 Å². The van der Waals surface area contributed by atoms with E-state index >= 15 is 0 Å². The lowest BCUT2D eigenvalue weighted by atomic mass is 9.83. The maximum Gasteiger partial charge on any atom is 0.154 e. The maximum atomic E-state index is 12.0. The predicted molar refractivity (Wildman–Crippen MR) is 259 cm³/mol. The Balaban J connectivity index is 0.000000234. The quantitative estimate of drug-likeness (QED) is 0.0760. The molecule has 2 atom stereocenters. The molecule has 0 radical (unpaired) electrons. The number of rotatable bonds is 13. The molecule has 62 heavy (non-hydrogen) atoms. The SMILES string of the molecule is C.C.Cc1ccc2nc(C(O)(c3cn[nH]n3)C(C)C)ccc2c1-c1cccs1.Cc1ccc2nc(C(O)(c3cnnn3COCC[Si](C)(C)C)C(C)C)ccc2c1-c1cccs1. The van der Waals surface area contributed by atoms with Gasteiger partial charge in [0.15, 0.2) is 11.2 Å². The summed E-state index contributed by atoms with van der Waals surface area (Å²) in [5.41, 5.74) is 6.12. The third kappa shape index (κ3) is 9.50. The van der Waals surface area contributed by atoms with Gasteiger partial charge in [-0.25, -0.2) is 14.6 Å². The summed E-state index contributed by atoms with van der Waals surface area (Å²) in [6.07, 6.45) is 3.18. The monoisotopic (exact) mass is 890 g/mol. The minimum Gasteiger partial charge on any atom is -0.377 e. The maximum absolute atomic E-state index is 12.0. The molecule has 0 amide bonds. The lowest BCUT2D eigenvalue weighted by Gasteiger charge is -2.32. The second-order valence-corrected chi connectivity index (χ2v) is 24.7. The van der Waals surface area contributed by atoms with Crippen molar-refractivity contribution in [1.29, 1.82) is 0 Å². The van der Waals surface area contributed by atoms with Crippen LogP contribution in [0, 0.1) is 25.7 Å². The first kappa shape index (κ1) is 48.1. The molecule has 0 bridgehead atoms. The first-order valence-electron chi connectivity index (χ1n) is 20.3. The predicted octanol–water partition coefficient (Wildman–Crippen LogP) is 11.6. The van der Waals surface area contributed by atoms with Crippen molar-refractivity contribution in [3.8, 4) is 20.9 Å². The topological polar surface area (TPSA) is 148 Å². The highest BCUT2D eigenvalue weighted by atomic mass is 32.1. The Hall–Kier alpha value is -4.96. The molecule has 6 aromatic heterocycles. The molecule has 2 aromatic carbocycles. The van der Waals surface area contributed by atoms with Crippen LogP contribution in [0.1, 0.15) is 76.5 Å². The highest BCUT2D eigenvalue weighted by Gasteiger charge is 2.41. The van der Waals surface area contributed by atoms with E-state index in [1.165, 1.54) is 32.0 Å². The van der Waals surface area contributed by atoms with Gasteiger partial charge in [-0.3, -0.25) is 0 Å².